The van der Waals surface area contributed by atoms with Crippen LogP contribution in [0.25, 0.3) is 0 Å². The third-order valence-corrected chi connectivity index (χ3v) is 5.07. The Hall–Kier alpha value is -1.50. The third kappa shape index (κ3) is 3.07. The predicted octanol–water partition coefficient (Wildman–Crippen LogP) is 5.30. The summed E-state index contributed by atoms with van der Waals surface area (Å²) in [5.74, 6) is 0. The van der Waals surface area contributed by atoms with Gasteiger partial charge >= 0.3 is 0 Å². The molecule has 2 unspecified atom stereocenters. The Morgan fingerprint density at radius 1 is 1.14 bits per heavy atom. The highest BCUT2D eigenvalue weighted by molar-refractivity contribution is 5.29. The molecule has 0 bridgehead atoms. The van der Waals surface area contributed by atoms with Crippen molar-refractivity contribution in [3.05, 3.63) is 59.9 Å². The van der Waals surface area contributed by atoms with Gasteiger partial charge in [0, 0.05) is 11.2 Å². The van der Waals surface area contributed by atoms with Gasteiger partial charge in [-0.15, -0.1) is 0 Å². The maximum Gasteiger partial charge on any atom is 0.0516 e. The van der Waals surface area contributed by atoms with Crippen LogP contribution in [0.15, 0.2) is 59.9 Å². The lowest BCUT2D eigenvalue weighted by Gasteiger charge is -2.49. The molecule has 3 rings (SSSR count). The quantitative estimate of drug-likeness (QED) is 0.635. The van der Waals surface area contributed by atoms with E-state index in [1.165, 1.54) is 31.4 Å². The second-order valence-corrected chi connectivity index (χ2v) is 6.85. The third-order valence-electron chi connectivity index (χ3n) is 5.07. The van der Waals surface area contributed by atoms with Crippen molar-refractivity contribution in [3.8, 4) is 0 Å². The maximum absolute atomic E-state index is 2.70. The molecule has 0 aliphatic heterocycles. The molecule has 2 atom stereocenters. The van der Waals surface area contributed by atoms with E-state index >= 15 is 0 Å². The first-order chi connectivity index (χ1) is 10.2. The zero-order valence-corrected chi connectivity index (χ0v) is 13.4. The summed E-state index contributed by atoms with van der Waals surface area (Å²) in [6.45, 7) is 4.72. The summed E-state index contributed by atoms with van der Waals surface area (Å²) in [6, 6.07) is 0.501. The van der Waals surface area contributed by atoms with Crippen molar-refractivity contribution in [2.24, 2.45) is 0 Å². The van der Waals surface area contributed by atoms with Gasteiger partial charge in [0.05, 0.1) is 6.04 Å². The van der Waals surface area contributed by atoms with E-state index in [2.05, 4.69) is 67.4 Å². The van der Waals surface area contributed by atoms with Crippen LogP contribution in [-0.2, 0) is 0 Å². The first-order valence-corrected chi connectivity index (χ1v) is 8.34. The summed E-state index contributed by atoms with van der Waals surface area (Å²) in [6.07, 6.45) is 25.8. The van der Waals surface area contributed by atoms with Crippen LogP contribution in [0.4, 0.5) is 0 Å². The summed E-state index contributed by atoms with van der Waals surface area (Å²) in [7, 11) is 0. The van der Waals surface area contributed by atoms with Crippen LogP contribution in [-0.4, -0.2) is 16.5 Å². The number of nitrogens with zero attached hydrogens (tertiary/aromatic N) is 1. The smallest absolute Gasteiger partial charge is 0.0516 e. The van der Waals surface area contributed by atoms with E-state index in [0.29, 0.717) is 6.04 Å². The van der Waals surface area contributed by atoms with Gasteiger partial charge in [-0.2, -0.15) is 0 Å². The molecule has 0 aromatic heterocycles. The first kappa shape index (κ1) is 14.4. The SMILES string of the molecule is CC1=CCC(C)(N(C2=CCCC=C2)C2C=CC=CC2)CC1. The number of hydrogen-bond acceptors (Lipinski definition) is 1. The fourth-order valence-electron chi connectivity index (χ4n) is 3.72. The highest BCUT2D eigenvalue weighted by atomic mass is 15.2. The summed E-state index contributed by atoms with van der Waals surface area (Å²) < 4.78 is 0. The highest BCUT2D eigenvalue weighted by Gasteiger charge is 2.37. The molecule has 1 heteroatoms. The molecule has 112 valence electrons. The van der Waals surface area contributed by atoms with Crippen molar-refractivity contribution in [2.45, 2.75) is 64.0 Å². The minimum absolute atomic E-state index is 0.243. The van der Waals surface area contributed by atoms with Crippen molar-refractivity contribution in [1.29, 1.82) is 0 Å². The average Bonchev–Trinajstić information content (AvgIpc) is 2.53. The zero-order valence-electron chi connectivity index (χ0n) is 13.4. The first-order valence-electron chi connectivity index (χ1n) is 8.34. The maximum atomic E-state index is 2.70. The van der Waals surface area contributed by atoms with Gasteiger partial charge in [0.25, 0.3) is 0 Å². The van der Waals surface area contributed by atoms with Crippen LogP contribution in [0, 0.1) is 0 Å². The van der Waals surface area contributed by atoms with Crippen molar-refractivity contribution >= 4 is 0 Å². The molecule has 0 saturated heterocycles. The largest absolute Gasteiger partial charge is 0.359 e. The Morgan fingerprint density at radius 2 is 2.05 bits per heavy atom. The highest BCUT2D eigenvalue weighted by Crippen LogP contribution is 2.39. The Bertz CT molecular complexity index is 532. The molecule has 0 aromatic carbocycles. The number of allylic oxidation sites excluding steroid dienone is 6. The van der Waals surface area contributed by atoms with Crippen molar-refractivity contribution in [2.75, 3.05) is 0 Å². The van der Waals surface area contributed by atoms with Gasteiger partial charge in [-0.05, 0) is 58.4 Å². The van der Waals surface area contributed by atoms with Crippen LogP contribution in [0.3, 0.4) is 0 Å². The summed E-state index contributed by atoms with van der Waals surface area (Å²) in [4.78, 5) is 2.70. The zero-order chi connectivity index (χ0) is 14.7. The van der Waals surface area contributed by atoms with Gasteiger partial charge in [0.1, 0.15) is 0 Å². The summed E-state index contributed by atoms with van der Waals surface area (Å²) >= 11 is 0. The summed E-state index contributed by atoms with van der Waals surface area (Å²) in [5.41, 5.74) is 3.23. The van der Waals surface area contributed by atoms with Gasteiger partial charge in [-0.25, -0.2) is 0 Å². The van der Waals surface area contributed by atoms with Crippen LogP contribution in [0.5, 0.6) is 0 Å². The predicted molar refractivity (Wildman–Crippen MR) is 91.0 cm³/mol. The monoisotopic (exact) mass is 281 g/mol. The molecule has 0 amide bonds. The minimum atomic E-state index is 0.243. The Morgan fingerprint density at radius 3 is 2.67 bits per heavy atom. The Labute approximate surface area is 129 Å². The molecular formula is C20H27N. The van der Waals surface area contributed by atoms with Crippen LogP contribution in [0.2, 0.25) is 0 Å². The van der Waals surface area contributed by atoms with E-state index in [1.807, 2.05) is 0 Å². The van der Waals surface area contributed by atoms with E-state index in [1.54, 1.807) is 5.57 Å². The van der Waals surface area contributed by atoms with E-state index in [-0.39, 0.29) is 5.54 Å². The fraction of sp³-hybridized carbons (Fsp3) is 0.500. The van der Waals surface area contributed by atoms with Gasteiger partial charge in [-0.1, -0.05) is 48.1 Å². The second kappa shape index (κ2) is 6.09. The van der Waals surface area contributed by atoms with Crippen LogP contribution in [0.1, 0.15) is 52.4 Å². The van der Waals surface area contributed by atoms with Crippen LogP contribution < -0.4 is 0 Å². The fourth-order valence-corrected chi connectivity index (χ4v) is 3.72. The van der Waals surface area contributed by atoms with Crippen molar-refractivity contribution in [1.82, 2.24) is 4.90 Å². The van der Waals surface area contributed by atoms with Gasteiger partial charge in [0.2, 0.25) is 0 Å². The molecule has 0 radical (unpaired) electrons. The standard InChI is InChI=1S/C20H27N/c1-17-13-15-20(2,16-14-17)21(18-9-5-3-6-10-18)19-11-7-4-8-12-19/h3,5-7,9,11-13,18H,4,8,10,14-16H2,1-2H3. The Kier molecular flexibility index (Phi) is 4.19. The molecule has 3 aliphatic rings. The lowest BCUT2D eigenvalue weighted by Crippen LogP contribution is -2.51. The molecule has 21 heavy (non-hydrogen) atoms. The lowest BCUT2D eigenvalue weighted by atomic mass is 9.80. The number of hydrogen-bond donors (Lipinski definition) is 0. The number of rotatable bonds is 3. The Balaban J connectivity index is 1.92. The molecule has 1 nitrogen and oxygen atoms in total. The van der Waals surface area contributed by atoms with Gasteiger partial charge < -0.3 is 4.90 Å². The normalized spacial score (nSPS) is 31.8. The molecular weight excluding hydrogens is 254 g/mol. The van der Waals surface area contributed by atoms with Crippen molar-refractivity contribution < 1.29 is 0 Å². The molecule has 0 heterocycles. The second-order valence-electron chi connectivity index (χ2n) is 6.85. The molecule has 3 aliphatic carbocycles. The lowest BCUT2D eigenvalue weighted by molar-refractivity contribution is 0.108. The van der Waals surface area contributed by atoms with Crippen molar-refractivity contribution in [3.63, 3.8) is 0 Å². The molecule has 0 aromatic rings. The molecule has 0 N–H and O–H groups in total. The molecule has 0 fully saturated rings. The minimum Gasteiger partial charge on any atom is -0.359 e. The molecule has 0 spiro atoms. The molecule has 0 saturated carbocycles. The summed E-state index contributed by atoms with van der Waals surface area (Å²) in [5, 5.41) is 0. The van der Waals surface area contributed by atoms with E-state index in [0.717, 1.165) is 12.8 Å². The topological polar surface area (TPSA) is 3.24 Å². The van der Waals surface area contributed by atoms with Gasteiger partial charge in [-0.3, -0.25) is 0 Å². The van der Waals surface area contributed by atoms with E-state index < -0.39 is 0 Å². The van der Waals surface area contributed by atoms with Gasteiger partial charge in [0.15, 0.2) is 0 Å². The average molecular weight is 281 g/mol. The van der Waals surface area contributed by atoms with E-state index in [9.17, 15) is 0 Å². The van der Waals surface area contributed by atoms with Crippen LogP contribution >= 0.6 is 0 Å². The van der Waals surface area contributed by atoms with E-state index in [4.69, 9.17) is 0 Å².